The summed E-state index contributed by atoms with van der Waals surface area (Å²) in [4.78, 5) is 23.5. The molecule has 1 amide bonds. The number of phenolic OH excluding ortho intramolecular Hbond substituents is 1. The molecule has 0 bridgehead atoms. The van der Waals surface area contributed by atoms with Gasteiger partial charge in [-0.25, -0.2) is 4.79 Å². The van der Waals surface area contributed by atoms with Gasteiger partial charge >= 0.3 is 5.97 Å². The molecule has 1 aliphatic carbocycles. The lowest BCUT2D eigenvalue weighted by molar-refractivity contribution is -0.112. The summed E-state index contributed by atoms with van der Waals surface area (Å²) in [5.74, 6) is -2.04. The number of benzene rings is 1. The van der Waals surface area contributed by atoms with Gasteiger partial charge in [0, 0.05) is 6.08 Å². The largest absolute Gasteiger partial charge is 0.506 e. The highest BCUT2D eigenvalue weighted by atomic mass is 16.4. The summed E-state index contributed by atoms with van der Waals surface area (Å²) in [6.45, 7) is 10.6. The molecule has 0 heterocycles. The third-order valence-corrected chi connectivity index (χ3v) is 5.65. The van der Waals surface area contributed by atoms with Crippen molar-refractivity contribution in [3.63, 3.8) is 0 Å². The Balaban J connectivity index is 2.05. The number of carboxylic acids is 1. The van der Waals surface area contributed by atoms with E-state index in [1.54, 1.807) is 13.0 Å². The number of amides is 1. The van der Waals surface area contributed by atoms with Crippen molar-refractivity contribution in [3.8, 4) is 5.75 Å². The second-order valence-corrected chi connectivity index (χ2v) is 8.92. The number of nitrogens with one attached hydrogen (secondary N) is 1. The molecular weight excluding hydrogens is 402 g/mol. The zero-order valence-electron chi connectivity index (χ0n) is 19.5. The molecule has 170 valence electrons. The fourth-order valence-corrected chi connectivity index (χ4v) is 3.90. The third-order valence-electron chi connectivity index (χ3n) is 5.65. The van der Waals surface area contributed by atoms with Gasteiger partial charge in [-0.15, -0.1) is 0 Å². The van der Waals surface area contributed by atoms with Crippen LogP contribution in [0.25, 0.3) is 0 Å². The van der Waals surface area contributed by atoms with Crippen LogP contribution in [0, 0.1) is 5.41 Å². The summed E-state index contributed by atoms with van der Waals surface area (Å²) < 4.78 is 0. The lowest BCUT2D eigenvalue weighted by Gasteiger charge is -2.32. The predicted octanol–water partition coefficient (Wildman–Crippen LogP) is 6.56. The molecule has 1 aromatic rings. The zero-order chi connectivity index (χ0) is 23.9. The average Bonchev–Trinajstić information content (AvgIpc) is 2.68. The Bertz CT molecular complexity index is 1040. The molecule has 0 atom stereocenters. The molecule has 32 heavy (non-hydrogen) atoms. The van der Waals surface area contributed by atoms with Crippen molar-refractivity contribution in [1.29, 1.82) is 0 Å². The summed E-state index contributed by atoms with van der Waals surface area (Å²) in [6.07, 6.45) is 14.9. The second kappa shape index (κ2) is 10.8. The molecule has 0 fully saturated rings. The van der Waals surface area contributed by atoms with E-state index in [-0.39, 0.29) is 22.4 Å². The van der Waals surface area contributed by atoms with E-state index in [4.69, 9.17) is 0 Å². The lowest BCUT2D eigenvalue weighted by Crippen LogP contribution is -2.19. The van der Waals surface area contributed by atoms with Gasteiger partial charge in [0.1, 0.15) is 5.75 Å². The van der Waals surface area contributed by atoms with E-state index in [1.807, 2.05) is 19.1 Å². The minimum Gasteiger partial charge on any atom is -0.506 e. The molecule has 0 spiro atoms. The van der Waals surface area contributed by atoms with Crippen LogP contribution in [0.5, 0.6) is 5.75 Å². The number of phenols is 1. The maximum Gasteiger partial charge on any atom is 0.337 e. The van der Waals surface area contributed by atoms with Crippen molar-refractivity contribution < 1.29 is 19.8 Å². The van der Waals surface area contributed by atoms with Crippen LogP contribution in [0.2, 0.25) is 0 Å². The van der Waals surface area contributed by atoms with E-state index in [9.17, 15) is 19.8 Å². The number of rotatable bonds is 7. The maximum absolute atomic E-state index is 12.3. The van der Waals surface area contributed by atoms with Gasteiger partial charge in [-0.05, 0) is 68.7 Å². The van der Waals surface area contributed by atoms with Gasteiger partial charge in [0.2, 0.25) is 5.91 Å². The first-order valence-corrected chi connectivity index (χ1v) is 10.8. The molecule has 0 unspecified atom stereocenters. The van der Waals surface area contributed by atoms with Crippen molar-refractivity contribution >= 4 is 17.6 Å². The van der Waals surface area contributed by atoms with Gasteiger partial charge in [0.25, 0.3) is 0 Å². The van der Waals surface area contributed by atoms with E-state index in [0.717, 1.165) is 12.0 Å². The van der Waals surface area contributed by atoms with Crippen molar-refractivity contribution in [2.24, 2.45) is 5.41 Å². The highest BCUT2D eigenvalue weighted by molar-refractivity contribution is 6.06. The van der Waals surface area contributed by atoms with Crippen LogP contribution in [0.4, 0.5) is 5.69 Å². The number of allylic oxidation sites excluding steroid dienone is 9. The van der Waals surface area contributed by atoms with E-state index in [0.29, 0.717) is 5.57 Å². The summed E-state index contributed by atoms with van der Waals surface area (Å²) >= 11 is 0. The zero-order valence-corrected chi connectivity index (χ0v) is 19.5. The Kier molecular flexibility index (Phi) is 8.41. The van der Waals surface area contributed by atoms with Crippen LogP contribution in [-0.2, 0) is 4.79 Å². The first kappa shape index (κ1) is 24.9. The molecule has 0 radical (unpaired) electrons. The minimum absolute atomic E-state index is 0.117. The van der Waals surface area contributed by atoms with E-state index < -0.39 is 11.9 Å². The third kappa shape index (κ3) is 6.84. The molecule has 1 aromatic carbocycles. The Morgan fingerprint density at radius 1 is 1.12 bits per heavy atom. The SMILES string of the molecule is CC1=C(/C=C/C(C)=C/C=C/C(C)=C/C(=O)Nc2c(O)cccc2C(=O)O)C(C)(C)CCC1. The van der Waals surface area contributed by atoms with Crippen molar-refractivity contribution in [2.75, 3.05) is 5.32 Å². The fourth-order valence-electron chi connectivity index (χ4n) is 3.90. The molecule has 1 aliphatic rings. The molecule has 0 saturated heterocycles. The number of carboxylic acid groups (broad SMARTS) is 1. The van der Waals surface area contributed by atoms with Gasteiger partial charge in [0.05, 0.1) is 11.3 Å². The van der Waals surface area contributed by atoms with E-state index in [1.165, 1.54) is 48.3 Å². The van der Waals surface area contributed by atoms with Crippen LogP contribution < -0.4 is 5.32 Å². The number of hydrogen-bond acceptors (Lipinski definition) is 3. The van der Waals surface area contributed by atoms with Gasteiger partial charge < -0.3 is 15.5 Å². The number of para-hydroxylation sites is 1. The Morgan fingerprint density at radius 3 is 2.50 bits per heavy atom. The summed E-state index contributed by atoms with van der Waals surface area (Å²) in [7, 11) is 0. The number of hydrogen-bond donors (Lipinski definition) is 3. The van der Waals surface area contributed by atoms with Crippen molar-refractivity contribution in [3.05, 3.63) is 82.5 Å². The highest BCUT2D eigenvalue weighted by Gasteiger charge is 2.26. The van der Waals surface area contributed by atoms with Gasteiger partial charge in [0.15, 0.2) is 0 Å². The molecule has 0 aromatic heterocycles. The van der Waals surface area contributed by atoms with Crippen molar-refractivity contribution in [1.82, 2.24) is 0 Å². The molecular formula is C27H33NO4. The molecule has 3 N–H and O–H groups in total. The quantitative estimate of drug-likeness (QED) is 0.257. The normalized spacial score (nSPS) is 17.3. The fraction of sp³-hybridized carbons (Fsp3) is 0.333. The highest BCUT2D eigenvalue weighted by Crippen LogP contribution is 2.40. The minimum atomic E-state index is -1.23. The first-order chi connectivity index (χ1) is 15.0. The Hall–Kier alpha value is -3.34. The number of aromatic hydroxyl groups is 1. The molecule has 0 saturated carbocycles. The van der Waals surface area contributed by atoms with E-state index >= 15 is 0 Å². The van der Waals surface area contributed by atoms with Gasteiger partial charge in [-0.1, -0.05) is 61.4 Å². The van der Waals surface area contributed by atoms with Crippen LogP contribution >= 0.6 is 0 Å². The summed E-state index contributed by atoms with van der Waals surface area (Å²) in [6, 6.07) is 4.06. The number of carbonyl (C=O) groups is 2. The number of anilines is 1. The summed E-state index contributed by atoms with van der Waals surface area (Å²) in [5, 5.41) is 21.6. The van der Waals surface area contributed by atoms with Gasteiger partial charge in [-0.2, -0.15) is 0 Å². The first-order valence-electron chi connectivity index (χ1n) is 10.8. The maximum atomic E-state index is 12.3. The topological polar surface area (TPSA) is 86.6 Å². The van der Waals surface area contributed by atoms with Crippen LogP contribution in [0.1, 0.15) is 64.2 Å². The van der Waals surface area contributed by atoms with E-state index in [2.05, 4.69) is 38.2 Å². The second-order valence-electron chi connectivity index (χ2n) is 8.92. The number of aromatic carboxylic acids is 1. The average molecular weight is 436 g/mol. The summed E-state index contributed by atoms with van der Waals surface area (Å²) in [5.41, 5.74) is 4.58. The van der Waals surface area contributed by atoms with Gasteiger partial charge in [-0.3, -0.25) is 4.79 Å². The van der Waals surface area contributed by atoms with Crippen LogP contribution in [0.15, 0.2) is 76.9 Å². The predicted molar refractivity (Wildman–Crippen MR) is 130 cm³/mol. The molecule has 0 aliphatic heterocycles. The number of carbonyl (C=O) groups excluding carboxylic acids is 1. The molecule has 5 heteroatoms. The van der Waals surface area contributed by atoms with Crippen LogP contribution in [0.3, 0.4) is 0 Å². The Morgan fingerprint density at radius 2 is 1.84 bits per heavy atom. The van der Waals surface area contributed by atoms with Crippen molar-refractivity contribution in [2.45, 2.75) is 53.9 Å². The lowest BCUT2D eigenvalue weighted by atomic mass is 9.72. The monoisotopic (exact) mass is 435 g/mol. The molecule has 2 rings (SSSR count). The standard InChI is InChI=1S/C27H33NO4/c1-18(14-15-22-20(3)11-8-16-27(22,4)5)9-6-10-19(2)17-24(30)28-25-21(26(31)32)12-7-13-23(25)29/h6-7,9-10,12-15,17,29H,8,11,16H2,1-5H3,(H,28,30)(H,31,32)/b10-6+,15-14+,18-9+,19-17+. The Labute approximate surface area is 190 Å². The smallest absolute Gasteiger partial charge is 0.337 e. The van der Waals surface area contributed by atoms with Crippen LogP contribution in [-0.4, -0.2) is 22.1 Å². The molecule has 5 nitrogen and oxygen atoms in total.